The number of hydrazone groups is 1. The second-order valence-corrected chi connectivity index (χ2v) is 8.97. The quantitative estimate of drug-likeness (QED) is 0.458. The summed E-state index contributed by atoms with van der Waals surface area (Å²) in [7, 11) is 4.90. The summed E-state index contributed by atoms with van der Waals surface area (Å²) in [5, 5.41) is 8.16. The van der Waals surface area contributed by atoms with Crippen molar-refractivity contribution in [2.24, 2.45) is 5.10 Å². The van der Waals surface area contributed by atoms with E-state index in [9.17, 15) is 13.6 Å². The molecule has 0 N–H and O–H groups in total. The number of methoxy groups -OCH3 is 2. The molecule has 9 heteroatoms. The van der Waals surface area contributed by atoms with Gasteiger partial charge >= 0.3 is 0 Å². The van der Waals surface area contributed by atoms with Crippen molar-refractivity contribution in [3.63, 3.8) is 0 Å². The van der Waals surface area contributed by atoms with Crippen LogP contribution < -0.4 is 9.47 Å². The first-order chi connectivity index (χ1) is 16.4. The Bertz CT molecular complexity index is 1200. The molecule has 2 aromatic carbocycles. The summed E-state index contributed by atoms with van der Waals surface area (Å²) in [6.45, 7) is 0.351. The fraction of sp³-hybridized carbons (Fsp3) is 0.280. The average Bonchev–Trinajstić information content (AvgIpc) is 3.51. The molecule has 1 amide bonds. The van der Waals surface area contributed by atoms with Crippen molar-refractivity contribution in [1.82, 2.24) is 9.91 Å². The van der Waals surface area contributed by atoms with Crippen LogP contribution in [0, 0.1) is 11.6 Å². The third-order valence-corrected chi connectivity index (χ3v) is 6.52. The lowest BCUT2D eigenvalue weighted by atomic mass is 10.0. The molecule has 0 saturated heterocycles. The number of carbonyl (C=O) groups is 1. The number of hydrogen-bond acceptors (Lipinski definition) is 6. The summed E-state index contributed by atoms with van der Waals surface area (Å²) in [5.41, 5.74) is 2.30. The number of ether oxygens (including phenoxy) is 2. The van der Waals surface area contributed by atoms with Gasteiger partial charge in [0.15, 0.2) is 23.1 Å². The molecule has 178 valence electrons. The maximum Gasteiger partial charge on any atom is 0.257 e. The van der Waals surface area contributed by atoms with Crippen LogP contribution in [0.3, 0.4) is 0 Å². The van der Waals surface area contributed by atoms with Crippen LogP contribution in [-0.4, -0.2) is 49.3 Å². The number of halogens is 2. The molecule has 1 aliphatic rings. The SMILES string of the molecule is COc1ccc(C2CC(c3cccs3)=NN2C(=O)CN(C)Cc2ccc(F)c(F)c2)cc1OC. The van der Waals surface area contributed by atoms with E-state index in [1.807, 2.05) is 35.7 Å². The highest BCUT2D eigenvalue weighted by atomic mass is 32.1. The maximum absolute atomic E-state index is 13.6. The van der Waals surface area contributed by atoms with Gasteiger partial charge < -0.3 is 9.47 Å². The Kier molecular flexibility index (Phi) is 7.23. The first-order valence-corrected chi connectivity index (χ1v) is 11.6. The Morgan fingerprint density at radius 3 is 2.59 bits per heavy atom. The molecule has 1 aromatic heterocycles. The summed E-state index contributed by atoms with van der Waals surface area (Å²) in [6.07, 6.45) is 0.564. The topological polar surface area (TPSA) is 54.4 Å². The first kappa shape index (κ1) is 23.8. The van der Waals surface area contributed by atoms with E-state index in [2.05, 4.69) is 5.10 Å². The van der Waals surface area contributed by atoms with Gasteiger partial charge in [-0.05, 0) is 53.9 Å². The number of benzene rings is 2. The van der Waals surface area contributed by atoms with Crippen molar-refractivity contribution < 1.29 is 23.0 Å². The Hall–Kier alpha value is -3.30. The normalized spacial score (nSPS) is 15.5. The van der Waals surface area contributed by atoms with E-state index in [-0.39, 0.29) is 18.5 Å². The van der Waals surface area contributed by atoms with Crippen LogP contribution in [-0.2, 0) is 11.3 Å². The molecule has 2 heterocycles. The summed E-state index contributed by atoms with van der Waals surface area (Å²) >= 11 is 1.57. The number of likely N-dealkylation sites (N-methyl/N-ethyl adjacent to an activating group) is 1. The van der Waals surface area contributed by atoms with Crippen LogP contribution in [0.5, 0.6) is 11.5 Å². The molecule has 0 fully saturated rings. The molecular formula is C25H25F2N3O3S. The summed E-state index contributed by atoms with van der Waals surface area (Å²) in [5.74, 6) is -0.820. The van der Waals surface area contributed by atoms with Crippen LogP contribution in [0.1, 0.15) is 28.5 Å². The van der Waals surface area contributed by atoms with E-state index in [1.165, 1.54) is 11.1 Å². The minimum Gasteiger partial charge on any atom is -0.493 e. The second kappa shape index (κ2) is 10.3. The van der Waals surface area contributed by atoms with Gasteiger partial charge in [0.05, 0.1) is 37.4 Å². The lowest BCUT2D eigenvalue weighted by Crippen LogP contribution is -2.36. The van der Waals surface area contributed by atoms with Gasteiger partial charge in [-0.1, -0.05) is 18.2 Å². The third-order valence-electron chi connectivity index (χ3n) is 5.61. The lowest BCUT2D eigenvalue weighted by Gasteiger charge is -2.25. The largest absolute Gasteiger partial charge is 0.493 e. The number of thiophene rings is 1. The van der Waals surface area contributed by atoms with Gasteiger partial charge in [-0.25, -0.2) is 13.8 Å². The molecule has 3 aromatic rings. The van der Waals surface area contributed by atoms with E-state index in [4.69, 9.17) is 9.47 Å². The molecule has 1 unspecified atom stereocenters. The molecule has 0 aliphatic carbocycles. The van der Waals surface area contributed by atoms with Gasteiger partial charge in [0.2, 0.25) is 0 Å². The van der Waals surface area contributed by atoms with Crippen LogP contribution >= 0.6 is 11.3 Å². The zero-order valence-electron chi connectivity index (χ0n) is 19.1. The van der Waals surface area contributed by atoms with E-state index >= 15 is 0 Å². The molecule has 0 saturated carbocycles. The number of carbonyl (C=O) groups excluding carboxylic acids is 1. The maximum atomic E-state index is 13.6. The molecule has 6 nitrogen and oxygen atoms in total. The lowest BCUT2D eigenvalue weighted by molar-refractivity contribution is -0.134. The molecular weight excluding hydrogens is 460 g/mol. The Balaban J connectivity index is 1.56. The van der Waals surface area contributed by atoms with Crippen molar-refractivity contribution in [2.75, 3.05) is 27.8 Å². The predicted octanol–water partition coefficient (Wildman–Crippen LogP) is 4.85. The highest BCUT2D eigenvalue weighted by molar-refractivity contribution is 7.12. The standard InChI is InChI=1S/C25H25F2N3O3S/c1-29(14-16-6-8-18(26)19(27)11-16)15-25(31)30-21(13-20(28-30)24-5-4-10-34-24)17-7-9-22(32-2)23(12-17)33-3/h4-12,21H,13-15H2,1-3H3. The van der Waals surface area contributed by atoms with Crippen molar-refractivity contribution in [1.29, 1.82) is 0 Å². The Labute approximate surface area is 201 Å². The number of rotatable bonds is 8. The summed E-state index contributed by atoms with van der Waals surface area (Å²) < 4.78 is 37.6. The van der Waals surface area contributed by atoms with Gasteiger partial charge in [-0.15, -0.1) is 11.3 Å². The zero-order chi connectivity index (χ0) is 24.2. The monoisotopic (exact) mass is 485 g/mol. The van der Waals surface area contributed by atoms with E-state index in [1.54, 1.807) is 37.5 Å². The average molecular weight is 486 g/mol. The fourth-order valence-electron chi connectivity index (χ4n) is 3.96. The van der Waals surface area contributed by atoms with Crippen molar-refractivity contribution >= 4 is 23.0 Å². The van der Waals surface area contributed by atoms with Crippen LogP contribution in [0.25, 0.3) is 0 Å². The van der Waals surface area contributed by atoms with Gasteiger partial charge in [0.1, 0.15) is 0 Å². The van der Waals surface area contributed by atoms with Crippen molar-refractivity contribution in [3.05, 3.63) is 81.5 Å². The molecule has 34 heavy (non-hydrogen) atoms. The second-order valence-electron chi connectivity index (χ2n) is 8.02. The first-order valence-electron chi connectivity index (χ1n) is 10.7. The van der Waals surface area contributed by atoms with Crippen molar-refractivity contribution in [2.45, 2.75) is 19.0 Å². The van der Waals surface area contributed by atoms with E-state index in [0.29, 0.717) is 30.0 Å². The predicted molar refractivity (Wildman–Crippen MR) is 127 cm³/mol. The third kappa shape index (κ3) is 5.10. The van der Waals surface area contributed by atoms with Crippen molar-refractivity contribution in [3.8, 4) is 11.5 Å². The number of amides is 1. The minimum absolute atomic E-state index is 0.0595. The van der Waals surface area contributed by atoms with Gasteiger partial charge in [0, 0.05) is 13.0 Å². The molecule has 1 aliphatic heterocycles. The Morgan fingerprint density at radius 1 is 1.12 bits per heavy atom. The fourth-order valence-corrected chi connectivity index (χ4v) is 4.68. The highest BCUT2D eigenvalue weighted by Gasteiger charge is 2.34. The number of nitrogens with zero attached hydrogens (tertiary/aromatic N) is 3. The van der Waals surface area contributed by atoms with Crippen LogP contribution in [0.2, 0.25) is 0 Å². The summed E-state index contributed by atoms with van der Waals surface area (Å²) in [4.78, 5) is 16.1. The molecule has 0 bridgehead atoms. The van der Waals surface area contributed by atoms with E-state index in [0.717, 1.165) is 28.3 Å². The highest BCUT2D eigenvalue weighted by Crippen LogP contribution is 2.38. The van der Waals surface area contributed by atoms with Crippen LogP contribution in [0.15, 0.2) is 59.0 Å². The molecule has 0 spiro atoms. The molecule has 0 radical (unpaired) electrons. The van der Waals surface area contributed by atoms with Gasteiger partial charge in [-0.2, -0.15) is 5.10 Å². The number of hydrogen-bond donors (Lipinski definition) is 0. The zero-order valence-corrected chi connectivity index (χ0v) is 19.9. The molecule has 4 rings (SSSR count). The summed E-state index contributed by atoms with van der Waals surface area (Å²) in [6, 6.07) is 13.0. The van der Waals surface area contributed by atoms with Gasteiger partial charge in [0.25, 0.3) is 5.91 Å². The Morgan fingerprint density at radius 2 is 1.91 bits per heavy atom. The minimum atomic E-state index is -0.907. The smallest absolute Gasteiger partial charge is 0.257 e. The van der Waals surface area contributed by atoms with E-state index < -0.39 is 11.6 Å². The van der Waals surface area contributed by atoms with Crippen LogP contribution in [0.4, 0.5) is 8.78 Å². The molecule has 1 atom stereocenters. The van der Waals surface area contributed by atoms with Gasteiger partial charge in [-0.3, -0.25) is 9.69 Å².